The molecule has 7 nitrogen and oxygen atoms in total. The molecule has 0 aliphatic heterocycles. The summed E-state index contributed by atoms with van der Waals surface area (Å²) in [7, 11) is 0. The van der Waals surface area contributed by atoms with Crippen molar-refractivity contribution in [2.45, 2.75) is 0 Å². The maximum atomic E-state index is 11.3. The Hall–Kier alpha value is -2.44. The number of carboxylic acid groups (broad SMARTS) is 3. The molecular weight excluding hydrogens is 220 g/mol. The van der Waals surface area contributed by atoms with Gasteiger partial charge < -0.3 is 15.3 Å². The lowest BCUT2D eigenvalue weighted by Crippen LogP contribution is -2.30. The van der Waals surface area contributed by atoms with Gasteiger partial charge in [-0.2, -0.15) is 0 Å². The lowest BCUT2D eigenvalue weighted by molar-refractivity contribution is -0.143. The molecule has 1 rings (SSSR count). The molecule has 0 aromatic heterocycles. The molecule has 0 aromatic rings. The quantitative estimate of drug-likeness (QED) is 0.428. The minimum atomic E-state index is -1.76. The molecule has 0 radical (unpaired) electrons. The fraction of sp³-hybridized carbons (Fsp3) is 0.111. The van der Waals surface area contributed by atoms with Gasteiger partial charge in [0.1, 0.15) is 11.5 Å². The van der Waals surface area contributed by atoms with Crippen LogP contribution < -0.4 is 0 Å². The summed E-state index contributed by atoms with van der Waals surface area (Å²) in [5, 5.41) is 25.8. The SMILES string of the molecule is O=C(O)C1=CC(C(=O)O)C(=O)C(C(=O)O)=C1. The van der Waals surface area contributed by atoms with Gasteiger partial charge in [0.05, 0.1) is 5.57 Å². The van der Waals surface area contributed by atoms with E-state index >= 15 is 0 Å². The molecule has 16 heavy (non-hydrogen) atoms. The monoisotopic (exact) mass is 226 g/mol. The average Bonchev–Trinajstić information content (AvgIpc) is 2.16. The Morgan fingerprint density at radius 2 is 1.62 bits per heavy atom. The Bertz CT molecular complexity index is 454. The van der Waals surface area contributed by atoms with Crippen LogP contribution in [0.5, 0.6) is 0 Å². The molecular formula is C9H6O7. The van der Waals surface area contributed by atoms with Crippen molar-refractivity contribution in [3.63, 3.8) is 0 Å². The lowest BCUT2D eigenvalue weighted by atomic mass is 9.89. The Morgan fingerprint density at radius 3 is 2.00 bits per heavy atom. The van der Waals surface area contributed by atoms with Crippen LogP contribution in [-0.4, -0.2) is 39.0 Å². The van der Waals surface area contributed by atoms with Gasteiger partial charge in [-0.25, -0.2) is 9.59 Å². The third-order valence-electron chi connectivity index (χ3n) is 1.94. The molecule has 84 valence electrons. The first-order valence-electron chi connectivity index (χ1n) is 4.01. The molecule has 1 atom stereocenters. The van der Waals surface area contributed by atoms with E-state index < -0.39 is 40.8 Å². The zero-order chi connectivity index (χ0) is 12.5. The van der Waals surface area contributed by atoms with Gasteiger partial charge in [0.25, 0.3) is 0 Å². The molecule has 3 N–H and O–H groups in total. The van der Waals surface area contributed by atoms with Gasteiger partial charge in [0.2, 0.25) is 0 Å². The van der Waals surface area contributed by atoms with Crippen molar-refractivity contribution >= 4 is 23.7 Å². The van der Waals surface area contributed by atoms with Crippen molar-refractivity contribution in [1.82, 2.24) is 0 Å². The molecule has 0 spiro atoms. The lowest BCUT2D eigenvalue weighted by Gasteiger charge is -2.13. The molecule has 0 saturated heterocycles. The summed E-state index contributed by atoms with van der Waals surface area (Å²) < 4.78 is 0. The zero-order valence-electron chi connectivity index (χ0n) is 7.71. The van der Waals surface area contributed by atoms with E-state index in [1.54, 1.807) is 0 Å². The average molecular weight is 226 g/mol. The number of aliphatic carboxylic acids is 3. The van der Waals surface area contributed by atoms with Crippen molar-refractivity contribution < 1.29 is 34.5 Å². The standard InChI is InChI=1S/C9H6O7/c10-6-4(8(13)14)1-3(7(11)12)2-5(6)9(15)16/h1-2,4H,(H,11,12)(H,13,14)(H,15,16). The maximum Gasteiger partial charge on any atom is 0.339 e. The molecule has 0 aromatic carbocycles. The van der Waals surface area contributed by atoms with Crippen LogP contribution in [0.3, 0.4) is 0 Å². The smallest absolute Gasteiger partial charge is 0.339 e. The number of rotatable bonds is 3. The van der Waals surface area contributed by atoms with Gasteiger partial charge in [-0.05, 0) is 12.2 Å². The van der Waals surface area contributed by atoms with E-state index in [0.717, 1.165) is 0 Å². The number of hydrogen-bond donors (Lipinski definition) is 3. The second kappa shape index (κ2) is 3.97. The number of carbonyl (C=O) groups is 4. The van der Waals surface area contributed by atoms with Crippen LogP contribution in [0, 0.1) is 5.92 Å². The van der Waals surface area contributed by atoms with Gasteiger partial charge in [0, 0.05) is 0 Å². The topological polar surface area (TPSA) is 129 Å². The van der Waals surface area contributed by atoms with Gasteiger partial charge in [-0.15, -0.1) is 0 Å². The number of Topliss-reactive ketones (excluding diaryl/α,β-unsaturated/α-hetero) is 1. The molecule has 1 unspecified atom stereocenters. The van der Waals surface area contributed by atoms with Crippen LogP contribution >= 0.6 is 0 Å². The van der Waals surface area contributed by atoms with Crippen molar-refractivity contribution in [2.75, 3.05) is 0 Å². The minimum absolute atomic E-state index is 0.524. The molecule has 1 aliphatic rings. The highest BCUT2D eigenvalue weighted by Crippen LogP contribution is 2.20. The van der Waals surface area contributed by atoms with Gasteiger partial charge in [-0.3, -0.25) is 9.59 Å². The first-order chi connectivity index (χ1) is 7.34. The summed E-state index contributed by atoms with van der Waals surface area (Å²) in [4.78, 5) is 43.1. The molecule has 0 amide bonds. The Labute approximate surface area is 88.3 Å². The summed E-state index contributed by atoms with van der Waals surface area (Å²) in [5.41, 5.74) is -1.36. The molecule has 7 heteroatoms. The predicted octanol–water partition coefficient (Wildman–Crippen LogP) is -0.708. The first kappa shape index (κ1) is 11.6. The van der Waals surface area contributed by atoms with E-state index in [1.807, 2.05) is 0 Å². The fourth-order valence-electron chi connectivity index (χ4n) is 1.18. The highest BCUT2D eigenvalue weighted by molar-refractivity contribution is 6.24. The normalized spacial score (nSPS) is 19.8. The molecule has 0 saturated carbocycles. The van der Waals surface area contributed by atoms with Crippen LogP contribution in [0.25, 0.3) is 0 Å². The second-order valence-corrected chi connectivity index (χ2v) is 2.97. The van der Waals surface area contributed by atoms with E-state index in [2.05, 4.69) is 0 Å². The number of ketones is 1. The van der Waals surface area contributed by atoms with Crippen molar-refractivity contribution in [1.29, 1.82) is 0 Å². The van der Waals surface area contributed by atoms with Crippen LogP contribution in [-0.2, 0) is 19.2 Å². The van der Waals surface area contributed by atoms with Crippen LogP contribution in [0.2, 0.25) is 0 Å². The van der Waals surface area contributed by atoms with Gasteiger partial charge in [-0.1, -0.05) is 0 Å². The van der Waals surface area contributed by atoms with Crippen molar-refractivity contribution in [3.8, 4) is 0 Å². The number of hydrogen-bond acceptors (Lipinski definition) is 4. The fourth-order valence-corrected chi connectivity index (χ4v) is 1.18. The maximum absolute atomic E-state index is 11.3. The molecule has 0 bridgehead atoms. The van der Waals surface area contributed by atoms with E-state index in [4.69, 9.17) is 15.3 Å². The summed E-state index contributed by atoms with van der Waals surface area (Å²) in [6.45, 7) is 0. The van der Waals surface area contributed by atoms with Crippen molar-refractivity contribution in [3.05, 3.63) is 23.3 Å². The largest absolute Gasteiger partial charge is 0.480 e. The Balaban J connectivity index is 3.28. The molecule has 0 fully saturated rings. The molecule has 1 aliphatic carbocycles. The molecule has 0 heterocycles. The van der Waals surface area contributed by atoms with E-state index in [1.165, 1.54) is 0 Å². The minimum Gasteiger partial charge on any atom is -0.480 e. The number of carbonyl (C=O) groups excluding carboxylic acids is 1. The third-order valence-corrected chi connectivity index (χ3v) is 1.94. The summed E-state index contributed by atoms with van der Waals surface area (Å²) >= 11 is 0. The van der Waals surface area contributed by atoms with E-state index in [0.29, 0.717) is 12.2 Å². The van der Waals surface area contributed by atoms with Gasteiger partial charge in [0.15, 0.2) is 5.78 Å². The number of carboxylic acids is 3. The Morgan fingerprint density at radius 1 is 1.06 bits per heavy atom. The summed E-state index contributed by atoms with van der Waals surface area (Å²) in [5.74, 6) is -7.62. The summed E-state index contributed by atoms with van der Waals surface area (Å²) in [6, 6.07) is 0. The van der Waals surface area contributed by atoms with E-state index in [-0.39, 0.29) is 0 Å². The highest BCUT2D eigenvalue weighted by atomic mass is 16.4. The summed E-state index contributed by atoms with van der Waals surface area (Å²) in [6.07, 6.45) is 1.35. The Kier molecular flexibility index (Phi) is 2.89. The van der Waals surface area contributed by atoms with Crippen molar-refractivity contribution in [2.24, 2.45) is 5.92 Å². The first-order valence-corrected chi connectivity index (χ1v) is 4.01. The van der Waals surface area contributed by atoms with E-state index in [9.17, 15) is 19.2 Å². The highest BCUT2D eigenvalue weighted by Gasteiger charge is 2.35. The van der Waals surface area contributed by atoms with Crippen LogP contribution in [0.4, 0.5) is 0 Å². The predicted molar refractivity (Wildman–Crippen MR) is 47.6 cm³/mol. The second-order valence-electron chi connectivity index (χ2n) is 2.97. The van der Waals surface area contributed by atoms with Crippen LogP contribution in [0.15, 0.2) is 23.3 Å². The van der Waals surface area contributed by atoms with Gasteiger partial charge >= 0.3 is 17.9 Å². The zero-order valence-corrected chi connectivity index (χ0v) is 7.71. The van der Waals surface area contributed by atoms with Crippen LogP contribution in [0.1, 0.15) is 0 Å². The third kappa shape index (κ3) is 1.97.